The topological polar surface area (TPSA) is 116 Å². The van der Waals surface area contributed by atoms with Crippen molar-refractivity contribution >= 4 is 16.0 Å². The van der Waals surface area contributed by atoms with Gasteiger partial charge in [0.1, 0.15) is 5.60 Å². The van der Waals surface area contributed by atoms with Crippen LogP contribution in [-0.2, 0) is 19.6 Å². The third-order valence-corrected chi connectivity index (χ3v) is 4.79. The lowest BCUT2D eigenvalue weighted by molar-refractivity contribution is -0.160. The fourth-order valence-corrected chi connectivity index (χ4v) is 3.71. The fraction of sp³-hybridized carbons (Fsp3) is 0.857. The maximum atomic E-state index is 12.0. The monoisotopic (exact) mass is 332 g/mol. The number of rotatable bonds is 6. The number of sulfonamides is 1. The highest BCUT2D eigenvalue weighted by Gasteiger charge is 2.40. The van der Waals surface area contributed by atoms with Crippen LogP contribution in [0.15, 0.2) is 0 Å². The van der Waals surface area contributed by atoms with Gasteiger partial charge < -0.3 is 9.84 Å². The maximum absolute atomic E-state index is 12.0. The Kier molecular flexibility index (Phi) is 6.35. The average molecular weight is 332 g/mol. The zero-order chi connectivity index (χ0) is 17.0. The van der Waals surface area contributed by atoms with Crippen LogP contribution in [0.2, 0.25) is 0 Å². The molecular weight excluding hydrogens is 308 g/mol. The van der Waals surface area contributed by atoms with Crippen LogP contribution in [-0.4, -0.2) is 43.0 Å². The van der Waals surface area contributed by atoms with E-state index in [9.17, 15) is 18.3 Å². The molecule has 22 heavy (non-hydrogen) atoms. The van der Waals surface area contributed by atoms with Crippen LogP contribution in [0, 0.1) is 17.2 Å². The van der Waals surface area contributed by atoms with Gasteiger partial charge in [-0.15, -0.1) is 0 Å². The molecule has 0 heterocycles. The van der Waals surface area contributed by atoms with Gasteiger partial charge in [-0.05, 0) is 40.0 Å². The van der Waals surface area contributed by atoms with Crippen LogP contribution in [0.4, 0.5) is 0 Å². The van der Waals surface area contributed by atoms with Gasteiger partial charge in [0.25, 0.3) is 0 Å². The summed E-state index contributed by atoms with van der Waals surface area (Å²) in [6.07, 6.45) is -0.115. The first-order valence-corrected chi connectivity index (χ1v) is 8.97. The molecule has 0 aromatic rings. The minimum absolute atomic E-state index is 0.161. The van der Waals surface area contributed by atoms with E-state index in [1.54, 1.807) is 20.8 Å². The van der Waals surface area contributed by atoms with Gasteiger partial charge in [0.05, 0.1) is 23.8 Å². The third-order valence-electron chi connectivity index (χ3n) is 3.30. The lowest BCUT2D eigenvalue weighted by Crippen LogP contribution is -2.41. The summed E-state index contributed by atoms with van der Waals surface area (Å²) in [5.74, 6) is -1.10. The van der Waals surface area contributed by atoms with Crippen molar-refractivity contribution in [1.82, 2.24) is 4.72 Å². The van der Waals surface area contributed by atoms with Gasteiger partial charge in [0, 0.05) is 12.5 Å². The molecule has 8 heteroatoms. The van der Waals surface area contributed by atoms with Crippen molar-refractivity contribution in [3.63, 3.8) is 0 Å². The van der Waals surface area contributed by atoms with Crippen molar-refractivity contribution in [3.05, 3.63) is 0 Å². The molecule has 1 aliphatic carbocycles. The molecule has 3 atom stereocenters. The predicted molar refractivity (Wildman–Crippen MR) is 80.1 cm³/mol. The first-order valence-electron chi connectivity index (χ1n) is 7.32. The van der Waals surface area contributed by atoms with Crippen LogP contribution in [0.25, 0.3) is 0 Å². The Hall–Kier alpha value is -1.17. The van der Waals surface area contributed by atoms with Gasteiger partial charge in [-0.1, -0.05) is 0 Å². The van der Waals surface area contributed by atoms with Crippen LogP contribution in [0.1, 0.15) is 46.5 Å². The van der Waals surface area contributed by atoms with Gasteiger partial charge in [-0.25, -0.2) is 13.1 Å². The van der Waals surface area contributed by atoms with E-state index >= 15 is 0 Å². The second-order valence-electron chi connectivity index (χ2n) is 6.57. The smallest absolute Gasteiger partial charge is 0.309 e. The molecule has 1 rings (SSSR count). The highest BCUT2D eigenvalue weighted by molar-refractivity contribution is 7.89. The molecule has 0 aromatic heterocycles. The van der Waals surface area contributed by atoms with Crippen molar-refractivity contribution < 1.29 is 23.1 Å². The standard InChI is InChI=1S/C14H24N2O5S/c1-14(2,3)21-13(18)10-8-11(12(17)9-10)16-22(19,20)7-5-4-6-15/h10-12,16-17H,4-5,7-9H2,1-3H3/t10-,11+,12+/m0/s1. The van der Waals surface area contributed by atoms with E-state index in [-0.39, 0.29) is 31.4 Å². The number of nitrogens with one attached hydrogen (secondary N) is 1. The summed E-state index contributed by atoms with van der Waals surface area (Å²) < 4.78 is 31.4. The number of nitriles is 1. The SMILES string of the molecule is CC(C)(C)OC(=O)[C@@H]1C[C@@H](O)[C@H](NS(=O)(=O)CCCC#N)C1. The second kappa shape index (κ2) is 7.40. The predicted octanol–water partition coefficient (Wildman–Crippen LogP) is 0.691. The normalized spacial score (nSPS) is 25.7. The first-order chi connectivity index (χ1) is 10.0. The van der Waals surface area contributed by atoms with E-state index in [1.165, 1.54) is 0 Å². The number of unbranched alkanes of at least 4 members (excludes halogenated alkanes) is 1. The van der Waals surface area contributed by atoms with E-state index < -0.39 is 39.7 Å². The molecule has 0 aliphatic heterocycles. The number of hydrogen-bond donors (Lipinski definition) is 2. The maximum Gasteiger partial charge on any atom is 0.309 e. The minimum atomic E-state index is -3.57. The number of esters is 1. The summed E-state index contributed by atoms with van der Waals surface area (Å²) in [6.45, 7) is 5.27. The molecule has 0 unspecified atom stereocenters. The van der Waals surface area contributed by atoms with Crippen LogP contribution in [0.3, 0.4) is 0 Å². The molecule has 1 fully saturated rings. The molecule has 0 bridgehead atoms. The van der Waals surface area contributed by atoms with Crippen molar-refractivity contribution in [1.29, 1.82) is 5.26 Å². The molecular formula is C14H24N2O5S. The van der Waals surface area contributed by atoms with E-state index in [4.69, 9.17) is 10.00 Å². The molecule has 126 valence electrons. The number of hydrogen-bond acceptors (Lipinski definition) is 6. The number of carbonyl (C=O) groups excluding carboxylic acids is 1. The number of aliphatic hydroxyl groups is 1. The van der Waals surface area contributed by atoms with E-state index in [0.717, 1.165) is 0 Å². The number of aliphatic hydroxyl groups excluding tert-OH is 1. The molecule has 1 aliphatic rings. The Morgan fingerprint density at radius 1 is 1.41 bits per heavy atom. The average Bonchev–Trinajstić information content (AvgIpc) is 2.68. The zero-order valence-electron chi connectivity index (χ0n) is 13.2. The highest BCUT2D eigenvalue weighted by Crippen LogP contribution is 2.29. The van der Waals surface area contributed by atoms with Crippen LogP contribution in [0.5, 0.6) is 0 Å². The molecule has 0 spiro atoms. The van der Waals surface area contributed by atoms with Gasteiger partial charge >= 0.3 is 5.97 Å². The van der Waals surface area contributed by atoms with Crippen molar-refractivity contribution in [2.45, 2.75) is 64.2 Å². The molecule has 7 nitrogen and oxygen atoms in total. The van der Waals surface area contributed by atoms with Crippen molar-refractivity contribution in [2.75, 3.05) is 5.75 Å². The summed E-state index contributed by atoms with van der Waals surface area (Å²) in [7, 11) is -3.57. The Morgan fingerprint density at radius 2 is 2.05 bits per heavy atom. The van der Waals surface area contributed by atoms with Crippen molar-refractivity contribution in [3.8, 4) is 6.07 Å². The van der Waals surface area contributed by atoms with Crippen LogP contribution < -0.4 is 4.72 Å². The Labute approximate surface area is 131 Å². The summed E-state index contributed by atoms with van der Waals surface area (Å²) in [4.78, 5) is 12.0. The van der Waals surface area contributed by atoms with E-state index in [2.05, 4.69) is 4.72 Å². The molecule has 0 saturated heterocycles. The lowest BCUT2D eigenvalue weighted by Gasteiger charge is -2.22. The summed E-state index contributed by atoms with van der Waals surface area (Å²) in [5.41, 5.74) is -0.614. The number of nitrogens with zero attached hydrogens (tertiary/aromatic N) is 1. The quantitative estimate of drug-likeness (QED) is 0.546. The Bertz CT molecular complexity index is 532. The van der Waals surface area contributed by atoms with Crippen molar-refractivity contribution in [2.24, 2.45) is 5.92 Å². The van der Waals surface area contributed by atoms with Gasteiger partial charge in [-0.3, -0.25) is 4.79 Å². The van der Waals surface area contributed by atoms with Gasteiger partial charge in [0.15, 0.2) is 0 Å². The minimum Gasteiger partial charge on any atom is -0.460 e. The molecule has 0 aromatic carbocycles. The van der Waals surface area contributed by atoms with E-state index in [0.29, 0.717) is 0 Å². The van der Waals surface area contributed by atoms with Crippen LogP contribution >= 0.6 is 0 Å². The molecule has 0 radical (unpaired) electrons. The Morgan fingerprint density at radius 3 is 2.59 bits per heavy atom. The fourth-order valence-electron chi connectivity index (χ4n) is 2.35. The summed E-state index contributed by atoms with van der Waals surface area (Å²) >= 11 is 0. The second-order valence-corrected chi connectivity index (χ2v) is 8.45. The Balaban J connectivity index is 2.57. The summed E-state index contributed by atoms with van der Waals surface area (Å²) in [5, 5.41) is 18.4. The lowest BCUT2D eigenvalue weighted by atomic mass is 10.1. The number of carbonyl (C=O) groups is 1. The van der Waals surface area contributed by atoms with E-state index in [1.807, 2.05) is 6.07 Å². The molecule has 1 saturated carbocycles. The van der Waals surface area contributed by atoms with Gasteiger partial charge in [0.2, 0.25) is 10.0 Å². The highest BCUT2D eigenvalue weighted by atomic mass is 32.2. The number of ether oxygens (including phenoxy) is 1. The largest absolute Gasteiger partial charge is 0.460 e. The molecule has 0 amide bonds. The molecule has 2 N–H and O–H groups in total. The first kappa shape index (κ1) is 18.9. The third kappa shape index (κ3) is 6.30. The zero-order valence-corrected chi connectivity index (χ0v) is 14.0. The van der Waals surface area contributed by atoms with Gasteiger partial charge in [-0.2, -0.15) is 5.26 Å². The summed E-state index contributed by atoms with van der Waals surface area (Å²) in [6, 6.07) is 1.19.